The van der Waals surface area contributed by atoms with Crippen molar-refractivity contribution in [2.24, 2.45) is 0 Å². The number of nitrogens with one attached hydrogen (secondary N) is 1. The first-order valence-electron chi connectivity index (χ1n) is 6.69. The fourth-order valence-electron chi connectivity index (χ4n) is 2.19. The Morgan fingerprint density at radius 1 is 0.880 bits per heavy atom. The molecule has 0 saturated carbocycles. The molecule has 3 aromatic rings. The van der Waals surface area contributed by atoms with E-state index in [0.717, 1.165) is 16.9 Å². The molecule has 3 rings (SSSR count). The third-order valence-corrected chi connectivity index (χ3v) is 3.32. The van der Waals surface area contributed by atoms with Gasteiger partial charge in [0.1, 0.15) is 10.9 Å². The molecule has 0 fully saturated rings. The smallest absolute Gasteiger partial charge is 0.278 e. The number of hydrogen-bond acceptors (Lipinski definition) is 8. The van der Waals surface area contributed by atoms with Gasteiger partial charge in [-0.3, -0.25) is 35.8 Å². The van der Waals surface area contributed by atoms with Gasteiger partial charge in [-0.05, 0) is 12.1 Å². The second-order valence-corrected chi connectivity index (χ2v) is 4.90. The minimum Gasteiger partial charge on any atom is -0.278 e. The van der Waals surface area contributed by atoms with Crippen molar-refractivity contribution in [3.05, 3.63) is 72.9 Å². The average molecular weight is 344 g/mol. The van der Waals surface area contributed by atoms with Crippen LogP contribution < -0.4 is 5.43 Å². The number of nitrogens with zero attached hydrogens (tertiary/aromatic N) is 5. The van der Waals surface area contributed by atoms with Gasteiger partial charge < -0.3 is 0 Å². The third kappa shape index (κ3) is 3.03. The topological polar surface area (TPSA) is 159 Å². The molecule has 0 aliphatic rings. The molecule has 25 heavy (non-hydrogen) atoms. The molecule has 0 unspecified atom stereocenters. The van der Waals surface area contributed by atoms with E-state index in [0.29, 0.717) is 5.69 Å². The fraction of sp³-hybridized carbons (Fsp3) is 0. The predicted molar refractivity (Wildman–Crippen MR) is 85.2 cm³/mol. The maximum Gasteiger partial charge on any atom is 0.287 e. The van der Waals surface area contributed by atoms with Crippen molar-refractivity contribution < 1.29 is 14.8 Å². The number of nitro groups is 3. The standard InChI is InChI=1S/C13H8N6O6/c20-17(21)9-3-1-8(2-4-9)14-16-7-11-12(15-16)5-10(18(22)23)6-13(11)19(24)25/h1-7,14H. The van der Waals surface area contributed by atoms with Crippen molar-refractivity contribution in [1.29, 1.82) is 0 Å². The lowest BCUT2D eigenvalue weighted by atomic mass is 10.2. The van der Waals surface area contributed by atoms with Crippen LogP contribution in [0, 0.1) is 30.3 Å². The van der Waals surface area contributed by atoms with E-state index in [1.165, 1.54) is 30.5 Å². The Morgan fingerprint density at radius 2 is 1.52 bits per heavy atom. The first kappa shape index (κ1) is 15.8. The average Bonchev–Trinajstić information content (AvgIpc) is 2.96. The highest BCUT2D eigenvalue weighted by molar-refractivity contribution is 5.90. The maximum atomic E-state index is 11.1. The molecule has 126 valence electrons. The Hall–Kier alpha value is -4.09. The third-order valence-electron chi connectivity index (χ3n) is 3.32. The number of aromatic nitrogens is 2. The SMILES string of the molecule is O=[N+]([O-])c1ccc(Nn2cc3c([N+](=O)[O-])cc([N+](=O)[O-])cc3n2)cc1. The van der Waals surface area contributed by atoms with Crippen LogP contribution in [0.15, 0.2) is 42.6 Å². The number of hydrogen-bond donors (Lipinski definition) is 1. The van der Waals surface area contributed by atoms with Gasteiger partial charge in [-0.2, -0.15) is 9.89 Å². The first-order valence-corrected chi connectivity index (χ1v) is 6.69. The van der Waals surface area contributed by atoms with Gasteiger partial charge in [0.2, 0.25) is 0 Å². The quantitative estimate of drug-likeness (QED) is 0.546. The number of anilines is 1. The van der Waals surface area contributed by atoms with Gasteiger partial charge in [-0.25, -0.2) is 0 Å². The van der Waals surface area contributed by atoms with Gasteiger partial charge in [-0.1, -0.05) is 0 Å². The van der Waals surface area contributed by atoms with Gasteiger partial charge in [0, 0.05) is 18.2 Å². The van der Waals surface area contributed by atoms with E-state index in [1.807, 2.05) is 0 Å². The molecular formula is C13H8N6O6. The van der Waals surface area contributed by atoms with Crippen LogP contribution in [-0.4, -0.2) is 24.7 Å². The van der Waals surface area contributed by atoms with Crippen LogP contribution in [-0.2, 0) is 0 Å². The molecule has 1 N–H and O–H groups in total. The summed E-state index contributed by atoms with van der Waals surface area (Å²) < 4.78 is 0. The monoisotopic (exact) mass is 344 g/mol. The number of rotatable bonds is 5. The molecule has 0 aliphatic carbocycles. The number of fused-ring (bicyclic) bond motifs is 1. The van der Waals surface area contributed by atoms with E-state index in [2.05, 4.69) is 10.5 Å². The molecule has 0 bridgehead atoms. The zero-order valence-electron chi connectivity index (χ0n) is 12.2. The van der Waals surface area contributed by atoms with Gasteiger partial charge >= 0.3 is 0 Å². The van der Waals surface area contributed by atoms with Gasteiger partial charge in [-0.15, -0.1) is 0 Å². The van der Waals surface area contributed by atoms with Crippen LogP contribution >= 0.6 is 0 Å². The molecule has 0 spiro atoms. The van der Waals surface area contributed by atoms with Gasteiger partial charge in [0.05, 0.1) is 32.7 Å². The summed E-state index contributed by atoms with van der Waals surface area (Å²) in [4.78, 5) is 31.8. The lowest BCUT2D eigenvalue weighted by Gasteiger charge is -2.04. The van der Waals surface area contributed by atoms with Crippen LogP contribution in [0.1, 0.15) is 0 Å². The molecule has 12 heteroatoms. The minimum absolute atomic E-state index is 0.0651. The lowest BCUT2D eigenvalue weighted by Crippen LogP contribution is -2.08. The van der Waals surface area contributed by atoms with E-state index < -0.39 is 26.1 Å². The van der Waals surface area contributed by atoms with Crippen LogP contribution in [0.5, 0.6) is 0 Å². The van der Waals surface area contributed by atoms with E-state index in [-0.39, 0.29) is 16.6 Å². The zero-order valence-corrected chi connectivity index (χ0v) is 12.2. The van der Waals surface area contributed by atoms with Crippen LogP contribution in [0.4, 0.5) is 22.7 Å². The molecule has 0 amide bonds. The Bertz CT molecular complexity index is 1010. The number of nitro benzene ring substituents is 3. The number of benzene rings is 2. The predicted octanol–water partition coefficient (Wildman–Crippen LogP) is 2.64. The Labute approximate surface area is 137 Å². The summed E-state index contributed by atoms with van der Waals surface area (Å²) in [5.74, 6) is 0. The molecule has 0 saturated heterocycles. The van der Waals surface area contributed by atoms with Crippen molar-refractivity contribution in [1.82, 2.24) is 9.89 Å². The highest BCUT2D eigenvalue weighted by atomic mass is 16.6. The largest absolute Gasteiger partial charge is 0.287 e. The van der Waals surface area contributed by atoms with Gasteiger partial charge in [0.15, 0.2) is 0 Å². The summed E-state index contributed by atoms with van der Waals surface area (Å²) in [7, 11) is 0. The molecule has 0 aliphatic heterocycles. The summed E-state index contributed by atoms with van der Waals surface area (Å²) in [5, 5.41) is 36.8. The molecule has 2 aromatic carbocycles. The summed E-state index contributed by atoms with van der Waals surface area (Å²) in [6.45, 7) is 0. The van der Waals surface area contributed by atoms with Crippen molar-refractivity contribution in [3.63, 3.8) is 0 Å². The molecule has 12 nitrogen and oxygen atoms in total. The van der Waals surface area contributed by atoms with Gasteiger partial charge in [0.25, 0.3) is 17.1 Å². The lowest BCUT2D eigenvalue weighted by molar-refractivity contribution is -0.393. The second kappa shape index (κ2) is 5.84. The summed E-state index contributed by atoms with van der Waals surface area (Å²) >= 11 is 0. The highest BCUT2D eigenvalue weighted by Gasteiger charge is 2.21. The summed E-state index contributed by atoms with van der Waals surface area (Å²) in [6.07, 6.45) is 1.30. The molecular weight excluding hydrogens is 336 g/mol. The van der Waals surface area contributed by atoms with E-state index in [1.54, 1.807) is 0 Å². The zero-order chi connectivity index (χ0) is 18.1. The minimum atomic E-state index is -0.741. The Morgan fingerprint density at radius 3 is 2.08 bits per heavy atom. The van der Waals surface area contributed by atoms with Crippen LogP contribution in [0.3, 0.4) is 0 Å². The fourth-order valence-corrected chi connectivity index (χ4v) is 2.19. The Balaban J connectivity index is 2.00. The normalized spacial score (nSPS) is 10.6. The van der Waals surface area contributed by atoms with Crippen LogP contribution in [0.2, 0.25) is 0 Å². The van der Waals surface area contributed by atoms with Crippen molar-refractivity contribution in [3.8, 4) is 0 Å². The van der Waals surface area contributed by atoms with Crippen LogP contribution in [0.25, 0.3) is 10.9 Å². The maximum absolute atomic E-state index is 11.1. The van der Waals surface area contributed by atoms with E-state index in [9.17, 15) is 30.3 Å². The second-order valence-electron chi connectivity index (χ2n) is 4.90. The molecule has 0 atom stereocenters. The van der Waals surface area contributed by atoms with E-state index in [4.69, 9.17) is 0 Å². The van der Waals surface area contributed by atoms with Crippen molar-refractivity contribution in [2.75, 3.05) is 5.43 Å². The Kier molecular flexibility index (Phi) is 3.69. The summed E-state index contributed by atoms with van der Waals surface area (Å²) in [6, 6.07) is 7.40. The molecule has 1 heterocycles. The number of non-ortho nitro benzene ring substituents is 3. The first-order chi connectivity index (χ1) is 11.8. The van der Waals surface area contributed by atoms with Crippen molar-refractivity contribution in [2.45, 2.75) is 0 Å². The highest BCUT2D eigenvalue weighted by Crippen LogP contribution is 2.30. The van der Waals surface area contributed by atoms with Crippen molar-refractivity contribution >= 4 is 33.7 Å². The van der Waals surface area contributed by atoms with E-state index >= 15 is 0 Å². The molecule has 0 radical (unpaired) electrons. The molecule has 1 aromatic heterocycles. The summed E-state index contributed by atoms with van der Waals surface area (Å²) in [5.41, 5.74) is 2.29.